The molecular weight excluding hydrogens is 589 g/mol. The molecule has 0 N–H and O–H groups in total. The maximum atomic E-state index is 2.46. The molecule has 0 aliphatic heterocycles. The highest BCUT2D eigenvalue weighted by atomic mass is 14.4. The van der Waals surface area contributed by atoms with Gasteiger partial charge in [0.15, 0.2) is 0 Å². The molecule has 0 amide bonds. The van der Waals surface area contributed by atoms with E-state index in [1.165, 1.54) is 93.5 Å². The third-order valence-corrected chi connectivity index (χ3v) is 11.0. The lowest BCUT2D eigenvalue weighted by Gasteiger charge is -2.23. The molecule has 0 fully saturated rings. The Kier molecular flexibility index (Phi) is 6.52. The molecular formula is C49H40. The van der Waals surface area contributed by atoms with Gasteiger partial charge < -0.3 is 0 Å². The molecule has 9 rings (SSSR count). The number of fused-ring (bicyclic) bond motifs is 6. The Labute approximate surface area is 289 Å². The highest BCUT2D eigenvalue weighted by Gasteiger charge is 2.37. The minimum atomic E-state index is -0.0709. The quantitative estimate of drug-likeness (QED) is 0.171. The highest BCUT2D eigenvalue weighted by molar-refractivity contribution is 6.23. The summed E-state index contributed by atoms with van der Waals surface area (Å²) in [5, 5.41) is 7.67. The Balaban J connectivity index is 1.40. The second-order valence-corrected chi connectivity index (χ2v) is 15.3. The van der Waals surface area contributed by atoms with E-state index in [-0.39, 0.29) is 10.8 Å². The zero-order valence-corrected chi connectivity index (χ0v) is 28.9. The summed E-state index contributed by atoms with van der Waals surface area (Å²) >= 11 is 0. The summed E-state index contributed by atoms with van der Waals surface area (Å²) < 4.78 is 0. The van der Waals surface area contributed by atoms with Crippen molar-refractivity contribution in [2.75, 3.05) is 0 Å². The third-order valence-electron chi connectivity index (χ3n) is 11.0. The van der Waals surface area contributed by atoms with Gasteiger partial charge in [-0.25, -0.2) is 0 Å². The second kappa shape index (κ2) is 10.8. The van der Waals surface area contributed by atoms with E-state index >= 15 is 0 Å². The van der Waals surface area contributed by atoms with Crippen molar-refractivity contribution in [1.29, 1.82) is 0 Å². The van der Waals surface area contributed by atoms with Gasteiger partial charge in [-0.3, -0.25) is 0 Å². The van der Waals surface area contributed by atoms with Crippen LogP contribution in [0.1, 0.15) is 51.3 Å². The number of hydrogen-bond donors (Lipinski definition) is 0. The minimum Gasteiger partial charge on any atom is -0.0619 e. The molecule has 0 nitrogen and oxygen atoms in total. The second-order valence-electron chi connectivity index (χ2n) is 15.3. The molecule has 0 saturated heterocycles. The summed E-state index contributed by atoms with van der Waals surface area (Å²) in [5.41, 5.74) is 14.5. The fraction of sp³-hybridized carbons (Fsp3) is 0.143. The normalized spacial score (nSPS) is 13.6. The minimum absolute atomic E-state index is 0.0709. The first kappa shape index (κ1) is 29.7. The highest BCUT2D eigenvalue weighted by Crippen LogP contribution is 2.54. The molecule has 1 aliphatic carbocycles. The summed E-state index contributed by atoms with van der Waals surface area (Å²) in [4.78, 5) is 0. The SMILES string of the molecule is CC(C)(C)c1ccc(-c2c3ccccc3c(-c3cccc4c3-c3ccccc3C4(C)C)c3cc(-c4ccc5ccccc5c4)ccc23)cc1. The maximum Gasteiger partial charge on any atom is 0.0159 e. The predicted molar refractivity (Wildman–Crippen MR) is 212 cm³/mol. The van der Waals surface area contributed by atoms with Crippen LogP contribution in [0.4, 0.5) is 0 Å². The van der Waals surface area contributed by atoms with Crippen LogP contribution in [0.5, 0.6) is 0 Å². The summed E-state index contributed by atoms with van der Waals surface area (Å²) in [6.45, 7) is 11.6. The van der Waals surface area contributed by atoms with E-state index in [9.17, 15) is 0 Å². The first-order chi connectivity index (χ1) is 23.7. The van der Waals surface area contributed by atoms with Crippen molar-refractivity contribution in [3.8, 4) is 44.5 Å². The Morgan fingerprint density at radius 1 is 0.388 bits per heavy atom. The topological polar surface area (TPSA) is 0 Å². The van der Waals surface area contributed by atoms with E-state index in [0.717, 1.165) is 0 Å². The lowest BCUT2D eigenvalue weighted by Crippen LogP contribution is -2.14. The zero-order chi connectivity index (χ0) is 33.5. The summed E-state index contributed by atoms with van der Waals surface area (Å²) in [6.07, 6.45) is 0. The molecule has 0 atom stereocenters. The largest absolute Gasteiger partial charge is 0.0619 e. The van der Waals surface area contributed by atoms with Crippen molar-refractivity contribution >= 4 is 32.3 Å². The number of benzene rings is 8. The molecule has 0 heterocycles. The van der Waals surface area contributed by atoms with Crippen molar-refractivity contribution in [2.24, 2.45) is 0 Å². The van der Waals surface area contributed by atoms with Gasteiger partial charge in [0, 0.05) is 5.41 Å². The molecule has 0 heteroatoms. The molecule has 49 heavy (non-hydrogen) atoms. The van der Waals surface area contributed by atoms with Crippen molar-refractivity contribution in [1.82, 2.24) is 0 Å². The van der Waals surface area contributed by atoms with Gasteiger partial charge in [0.25, 0.3) is 0 Å². The molecule has 0 radical (unpaired) electrons. The van der Waals surface area contributed by atoms with Crippen LogP contribution in [0.2, 0.25) is 0 Å². The Hall–Kier alpha value is -5.46. The number of rotatable bonds is 3. The van der Waals surface area contributed by atoms with Crippen LogP contribution in [-0.4, -0.2) is 0 Å². The van der Waals surface area contributed by atoms with Crippen molar-refractivity contribution < 1.29 is 0 Å². The smallest absolute Gasteiger partial charge is 0.0159 e. The van der Waals surface area contributed by atoms with E-state index in [2.05, 4.69) is 186 Å². The molecule has 8 aromatic carbocycles. The van der Waals surface area contributed by atoms with Gasteiger partial charge in [0.1, 0.15) is 0 Å². The molecule has 0 spiro atoms. The molecule has 1 aliphatic rings. The molecule has 0 aromatic heterocycles. The number of hydrogen-bond acceptors (Lipinski definition) is 0. The van der Waals surface area contributed by atoms with Gasteiger partial charge >= 0.3 is 0 Å². The zero-order valence-electron chi connectivity index (χ0n) is 28.9. The van der Waals surface area contributed by atoms with Crippen LogP contribution in [0.15, 0.2) is 152 Å². The van der Waals surface area contributed by atoms with Gasteiger partial charge in [-0.05, 0) is 111 Å². The van der Waals surface area contributed by atoms with Crippen LogP contribution in [0.25, 0.3) is 76.8 Å². The molecule has 8 aromatic rings. The maximum absolute atomic E-state index is 2.46. The monoisotopic (exact) mass is 628 g/mol. The summed E-state index contributed by atoms with van der Waals surface area (Å²) in [6, 6.07) is 57.0. The van der Waals surface area contributed by atoms with Crippen LogP contribution in [-0.2, 0) is 10.8 Å². The van der Waals surface area contributed by atoms with E-state index < -0.39 is 0 Å². The van der Waals surface area contributed by atoms with E-state index in [1.54, 1.807) is 0 Å². The van der Waals surface area contributed by atoms with Crippen LogP contribution in [0.3, 0.4) is 0 Å². The Morgan fingerprint density at radius 2 is 0.959 bits per heavy atom. The third kappa shape index (κ3) is 4.58. The van der Waals surface area contributed by atoms with Crippen LogP contribution in [0, 0.1) is 0 Å². The molecule has 0 saturated carbocycles. The molecule has 0 unspecified atom stereocenters. The van der Waals surface area contributed by atoms with Crippen molar-refractivity contribution in [2.45, 2.75) is 45.4 Å². The van der Waals surface area contributed by atoms with Gasteiger partial charge in [-0.2, -0.15) is 0 Å². The summed E-state index contributed by atoms with van der Waals surface area (Å²) in [5.74, 6) is 0. The lowest BCUT2D eigenvalue weighted by molar-refractivity contribution is 0.590. The van der Waals surface area contributed by atoms with Gasteiger partial charge in [0.05, 0.1) is 0 Å². The Morgan fingerprint density at radius 3 is 1.73 bits per heavy atom. The van der Waals surface area contributed by atoms with E-state index in [0.29, 0.717) is 0 Å². The van der Waals surface area contributed by atoms with Gasteiger partial charge in [-0.15, -0.1) is 0 Å². The van der Waals surface area contributed by atoms with Crippen LogP contribution < -0.4 is 0 Å². The van der Waals surface area contributed by atoms with Gasteiger partial charge in [0.2, 0.25) is 0 Å². The Bertz CT molecular complexity index is 2590. The lowest BCUT2D eigenvalue weighted by atomic mass is 9.80. The molecule has 0 bridgehead atoms. The van der Waals surface area contributed by atoms with Gasteiger partial charge in [-0.1, -0.05) is 174 Å². The first-order valence-corrected chi connectivity index (χ1v) is 17.5. The van der Waals surface area contributed by atoms with E-state index in [1.807, 2.05) is 0 Å². The fourth-order valence-electron chi connectivity index (χ4n) is 8.43. The predicted octanol–water partition coefficient (Wildman–Crippen LogP) is 13.8. The molecule has 236 valence electrons. The van der Waals surface area contributed by atoms with E-state index in [4.69, 9.17) is 0 Å². The van der Waals surface area contributed by atoms with Crippen molar-refractivity contribution in [3.05, 3.63) is 168 Å². The van der Waals surface area contributed by atoms with Crippen LogP contribution >= 0.6 is 0 Å². The fourth-order valence-corrected chi connectivity index (χ4v) is 8.43. The first-order valence-electron chi connectivity index (χ1n) is 17.5. The average Bonchev–Trinajstić information content (AvgIpc) is 3.36. The van der Waals surface area contributed by atoms with Crippen molar-refractivity contribution in [3.63, 3.8) is 0 Å². The summed E-state index contributed by atoms with van der Waals surface area (Å²) in [7, 11) is 0. The average molecular weight is 629 g/mol. The standard InChI is InChI=1S/C49H40/c1-48(2,3)36-26-23-32(24-27-36)45-37-15-8-9-16-38(37)46(41-18-12-20-44-47(41)40-17-10-11-19-43(40)49(44,4)5)42-30-35(25-28-39(42)45)34-22-21-31-13-6-7-14-33(31)29-34/h6-30H,1-5H3.